The molecular weight excluding hydrogens is 316 g/mol. The minimum atomic E-state index is -0.484. The van der Waals surface area contributed by atoms with Gasteiger partial charge in [0.1, 0.15) is 6.04 Å². The van der Waals surface area contributed by atoms with Gasteiger partial charge in [0.2, 0.25) is 11.8 Å². The predicted octanol–water partition coefficient (Wildman–Crippen LogP) is 2.02. The highest BCUT2D eigenvalue weighted by Gasteiger charge is 2.37. The van der Waals surface area contributed by atoms with Gasteiger partial charge in [0.25, 0.3) is 0 Å². The zero-order valence-electron chi connectivity index (χ0n) is 15.2. The number of nitrogens with one attached hydrogen (secondary N) is 1. The lowest BCUT2D eigenvalue weighted by atomic mass is 10.1. The Hall–Kier alpha value is -2.63. The lowest BCUT2D eigenvalue weighted by molar-refractivity contribution is -0.126. The quantitative estimate of drug-likeness (QED) is 0.926. The van der Waals surface area contributed by atoms with Gasteiger partial charge in [-0.25, -0.2) is 0 Å². The zero-order valence-corrected chi connectivity index (χ0v) is 15.2. The number of aryl methyl sites for hydroxylation is 2. The monoisotopic (exact) mass is 340 g/mol. The van der Waals surface area contributed by atoms with Gasteiger partial charge in [0.05, 0.1) is 5.69 Å². The topological polar surface area (TPSA) is 67.2 Å². The summed E-state index contributed by atoms with van der Waals surface area (Å²) in [5.74, 6) is -0.153. The SMILES string of the molecule is CCC(=O)N1c2ccccc2CC1C(=O)NCc1c(C)nn(C)c1C. The molecule has 0 fully saturated rings. The highest BCUT2D eigenvalue weighted by molar-refractivity contribution is 6.03. The van der Waals surface area contributed by atoms with Crippen LogP contribution in [0.3, 0.4) is 0 Å². The number of rotatable bonds is 4. The third-order valence-corrected chi connectivity index (χ3v) is 4.95. The maximum absolute atomic E-state index is 12.8. The van der Waals surface area contributed by atoms with Crippen LogP contribution in [0.5, 0.6) is 0 Å². The van der Waals surface area contributed by atoms with E-state index in [0.29, 0.717) is 19.4 Å². The Bertz CT molecular complexity index is 825. The van der Waals surface area contributed by atoms with Gasteiger partial charge in [0.15, 0.2) is 0 Å². The molecule has 2 amide bonds. The van der Waals surface area contributed by atoms with E-state index in [9.17, 15) is 9.59 Å². The number of anilines is 1. The van der Waals surface area contributed by atoms with Crippen LogP contribution in [0.2, 0.25) is 0 Å². The fraction of sp³-hybridized carbons (Fsp3) is 0.421. The zero-order chi connectivity index (χ0) is 18.1. The molecule has 0 saturated heterocycles. The van der Waals surface area contributed by atoms with Crippen molar-refractivity contribution in [2.45, 2.75) is 46.2 Å². The van der Waals surface area contributed by atoms with Crippen molar-refractivity contribution < 1.29 is 9.59 Å². The third-order valence-electron chi connectivity index (χ3n) is 4.95. The molecule has 1 atom stereocenters. The Morgan fingerprint density at radius 2 is 2.00 bits per heavy atom. The molecule has 0 spiro atoms. The first kappa shape index (κ1) is 17.2. The van der Waals surface area contributed by atoms with E-state index < -0.39 is 6.04 Å². The van der Waals surface area contributed by atoms with Crippen molar-refractivity contribution in [1.29, 1.82) is 0 Å². The maximum Gasteiger partial charge on any atom is 0.243 e. The molecule has 0 aliphatic carbocycles. The average Bonchev–Trinajstić information content (AvgIpc) is 3.10. The Balaban J connectivity index is 1.78. The van der Waals surface area contributed by atoms with E-state index in [0.717, 1.165) is 28.2 Å². The molecule has 1 aromatic heterocycles. The van der Waals surface area contributed by atoms with Gasteiger partial charge in [-0.3, -0.25) is 19.2 Å². The third kappa shape index (κ3) is 3.04. The predicted molar refractivity (Wildman–Crippen MR) is 96.2 cm³/mol. The first-order chi connectivity index (χ1) is 11.9. The second-order valence-electron chi connectivity index (χ2n) is 6.46. The van der Waals surface area contributed by atoms with Crippen LogP contribution in [0.25, 0.3) is 0 Å². The van der Waals surface area contributed by atoms with Gasteiger partial charge >= 0.3 is 0 Å². The van der Waals surface area contributed by atoms with Crippen molar-refractivity contribution in [3.05, 3.63) is 46.8 Å². The average molecular weight is 340 g/mol. The number of hydrogen-bond acceptors (Lipinski definition) is 3. The molecule has 6 heteroatoms. The van der Waals surface area contributed by atoms with Crippen LogP contribution in [0, 0.1) is 13.8 Å². The molecule has 3 rings (SSSR count). The number of hydrogen-bond donors (Lipinski definition) is 1. The molecule has 0 saturated carbocycles. The number of para-hydroxylation sites is 1. The minimum Gasteiger partial charge on any atom is -0.350 e. The van der Waals surface area contributed by atoms with Crippen molar-refractivity contribution in [3.63, 3.8) is 0 Å². The van der Waals surface area contributed by atoms with E-state index in [-0.39, 0.29) is 11.8 Å². The Morgan fingerprint density at radius 3 is 2.64 bits per heavy atom. The normalized spacial score (nSPS) is 16.0. The molecule has 25 heavy (non-hydrogen) atoms. The molecule has 1 unspecified atom stereocenters. The number of aromatic nitrogens is 2. The van der Waals surface area contributed by atoms with Gasteiger partial charge in [-0.2, -0.15) is 5.10 Å². The molecule has 132 valence electrons. The van der Waals surface area contributed by atoms with Gasteiger partial charge in [0, 0.05) is 43.4 Å². The minimum absolute atomic E-state index is 0.0289. The van der Waals surface area contributed by atoms with E-state index in [1.807, 2.05) is 56.8 Å². The summed E-state index contributed by atoms with van der Waals surface area (Å²) in [6.45, 7) is 6.17. The highest BCUT2D eigenvalue weighted by Crippen LogP contribution is 2.32. The lowest BCUT2D eigenvalue weighted by Crippen LogP contribution is -2.47. The molecular formula is C19H24N4O2. The van der Waals surface area contributed by atoms with E-state index >= 15 is 0 Å². The van der Waals surface area contributed by atoms with E-state index in [1.165, 1.54) is 0 Å². The van der Waals surface area contributed by atoms with Crippen molar-refractivity contribution >= 4 is 17.5 Å². The summed E-state index contributed by atoms with van der Waals surface area (Å²) in [7, 11) is 1.89. The number of carbonyl (C=O) groups excluding carboxylic acids is 2. The van der Waals surface area contributed by atoms with Crippen LogP contribution in [-0.2, 0) is 29.6 Å². The number of carbonyl (C=O) groups is 2. The number of nitrogens with zero attached hydrogens (tertiary/aromatic N) is 3. The largest absolute Gasteiger partial charge is 0.350 e. The summed E-state index contributed by atoms with van der Waals surface area (Å²) in [4.78, 5) is 26.9. The van der Waals surface area contributed by atoms with E-state index in [4.69, 9.17) is 0 Å². The Kier molecular flexibility index (Phi) is 4.61. The smallest absolute Gasteiger partial charge is 0.243 e. The molecule has 0 radical (unpaired) electrons. The molecule has 1 aliphatic rings. The van der Waals surface area contributed by atoms with Crippen LogP contribution in [0.4, 0.5) is 5.69 Å². The fourth-order valence-electron chi connectivity index (χ4n) is 3.44. The van der Waals surface area contributed by atoms with E-state index in [1.54, 1.807) is 4.90 Å². The standard InChI is InChI=1S/C19H24N4O2/c1-5-18(24)23-16-9-7-6-8-14(16)10-17(23)19(25)20-11-15-12(2)21-22(4)13(15)3/h6-9,17H,5,10-11H2,1-4H3,(H,20,25). The van der Waals surface area contributed by atoms with Crippen LogP contribution >= 0.6 is 0 Å². The molecule has 1 N–H and O–H groups in total. The second kappa shape index (κ2) is 6.70. The molecule has 1 aromatic carbocycles. The van der Waals surface area contributed by atoms with Crippen LogP contribution in [-0.4, -0.2) is 27.6 Å². The molecule has 0 bridgehead atoms. The first-order valence-electron chi connectivity index (χ1n) is 8.60. The van der Waals surface area contributed by atoms with Gasteiger partial charge in [-0.15, -0.1) is 0 Å². The summed E-state index contributed by atoms with van der Waals surface area (Å²) < 4.78 is 1.81. The Morgan fingerprint density at radius 1 is 1.28 bits per heavy atom. The van der Waals surface area contributed by atoms with Crippen molar-refractivity contribution in [3.8, 4) is 0 Å². The summed E-state index contributed by atoms with van der Waals surface area (Å²) in [6, 6.07) is 7.25. The maximum atomic E-state index is 12.8. The van der Waals surface area contributed by atoms with Crippen LogP contribution in [0.15, 0.2) is 24.3 Å². The first-order valence-corrected chi connectivity index (χ1v) is 8.60. The van der Waals surface area contributed by atoms with Gasteiger partial charge in [-0.1, -0.05) is 25.1 Å². The summed E-state index contributed by atoms with van der Waals surface area (Å²) in [6.07, 6.45) is 0.928. The van der Waals surface area contributed by atoms with Gasteiger partial charge < -0.3 is 5.32 Å². The summed E-state index contributed by atoms with van der Waals surface area (Å²) in [5.41, 5.74) is 4.87. The van der Waals surface area contributed by atoms with Crippen molar-refractivity contribution in [1.82, 2.24) is 15.1 Å². The second-order valence-corrected chi connectivity index (χ2v) is 6.46. The summed E-state index contributed by atoms with van der Waals surface area (Å²) in [5, 5.41) is 7.37. The van der Waals surface area contributed by atoms with Crippen LogP contribution in [0.1, 0.15) is 35.9 Å². The van der Waals surface area contributed by atoms with Crippen molar-refractivity contribution in [2.24, 2.45) is 7.05 Å². The molecule has 6 nitrogen and oxygen atoms in total. The van der Waals surface area contributed by atoms with Crippen molar-refractivity contribution in [2.75, 3.05) is 4.90 Å². The molecule has 2 heterocycles. The number of amides is 2. The molecule has 2 aromatic rings. The fourth-order valence-corrected chi connectivity index (χ4v) is 3.44. The lowest BCUT2D eigenvalue weighted by Gasteiger charge is -2.24. The number of benzene rings is 1. The molecule has 1 aliphatic heterocycles. The van der Waals surface area contributed by atoms with E-state index in [2.05, 4.69) is 10.4 Å². The summed E-state index contributed by atoms with van der Waals surface area (Å²) >= 11 is 0. The highest BCUT2D eigenvalue weighted by atomic mass is 16.2. The van der Waals surface area contributed by atoms with Gasteiger partial charge in [-0.05, 0) is 25.5 Å². The van der Waals surface area contributed by atoms with Crippen LogP contribution < -0.4 is 10.2 Å². The number of fused-ring (bicyclic) bond motifs is 1. The Labute approximate surface area is 147 Å².